The van der Waals surface area contributed by atoms with E-state index < -0.39 is 5.60 Å². The van der Waals surface area contributed by atoms with E-state index in [1.807, 2.05) is 32.6 Å². The van der Waals surface area contributed by atoms with Gasteiger partial charge in [0.15, 0.2) is 0 Å². The maximum atomic E-state index is 12.3. The smallest absolute Gasteiger partial charge is 0.410 e. The topological polar surface area (TPSA) is 73.2 Å². The van der Waals surface area contributed by atoms with Gasteiger partial charge >= 0.3 is 6.09 Å². The van der Waals surface area contributed by atoms with Crippen LogP contribution in [0.4, 0.5) is 4.79 Å². The lowest BCUT2D eigenvalue weighted by molar-refractivity contribution is 0.0115. The molecule has 0 saturated carbocycles. The SMILES string of the molecule is CCN(CC1CCN(C(C)(C)CC(CO)CO)CC1)C(=O)OC(C)(C)C. The first-order valence-corrected chi connectivity index (χ1v) is 9.97. The molecule has 1 fully saturated rings. The molecule has 1 amide bonds. The summed E-state index contributed by atoms with van der Waals surface area (Å²) in [6.45, 7) is 15.5. The number of piperidine rings is 1. The van der Waals surface area contributed by atoms with Crippen LogP contribution in [0.25, 0.3) is 0 Å². The van der Waals surface area contributed by atoms with Crippen LogP contribution in [0.2, 0.25) is 0 Å². The van der Waals surface area contributed by atoms with Gasteiger partial charge in [-0.3, -0.25) is 4.90 Å². The summed E-state index contributed by atoms with van der Waals surface area (Å²) in [5, 5.41) is 18.7. The Morgan fingerprint density at radius 3 is 2.12 bits per heavy atom. The van der Waals surface area contributed by atoms with E-state index in [2.05, 4.69) is 18.7 Å². The van der Waals surface area contributed by atoms with Crippen molar-refractivity contribution in [1.29, 1.82) is 0 Å². The highest BCUT2D eigenvalue weighted by molar-refractivity contribution is 5.68. The van der Waals surface area contributed by atoms with Gasteiger partial charge < -0.3 is 19.8 Å². The van der Waals surface area contributed by atoms with Crippen LogP contribution >= 0.6 is 0 Å². The molecule has 0 aromatic heterocycles. The molecule has 26 heavy (non-hydrogen) atoms. The van der Waals surface area contributed by atoms with E-state index in [1.165, 1.54) is 0 Å². The van der Waals surface area contributed by atoms with Gasteiger partial charge in [0.2, 0.25) is 0 Å². The zero-order valence-electron chi connectivity index (χ0n) is 17.6. The predicted octanol–water partition coefficient (Wildman–Crippen LogP) is 2.72. The molecule has 0 unspecified atom stereocenters. The fourth-order valence-electron chi connectivity index (χ4n) is 3.71. The normalized spacial score (nSPS) is 17.6. The molecule has 154 valence electrons. The van der Waals surface area contributed by atoms with Gasteiger partial charge in [0.25, 0.3) is 0 Å². The van der Waals surface area contributed by atoms with Gasteiger partial charge in [0.05, 0.1) is 0 Å². The summed E-state index contributed by atoms with van der Waals surface area (Å²) < 4.78 is 5.51. The molecule has 1 rings (SSSR count). The van der Waals surface area contributed by atoms with Crippen LogP contribution in [0.5, 0.6) is 0 Å². The van der Waals surface area contributed by atoms with Crippen molar-refractivity contribution in [2.45, 2.75) is 71.9 Å². The number of aliphatic hydroxyl groups excluding tert-OH is 2. The minimum absolute atomic E-state index is 0.0255. The van der Waals surface area contributed by atoms with Crippen LogP contribution in [-0.2, 0) is 4.74 Å². The number of hydrogen-bond acceptors (Lipinski definition) is 5. The Balaban J connectivity index is 2.53. The maximum Gasteiger partial charge on any atom is 0.410 e. The molecule has 6 heteroatoms. The Hall–Kier alpha value is -0.850. The highest BCUT2D eigenvalue weighted by Gasteiger charge is 2.33. The number of aliphatic hydroxyl groups is 2. The number of likely N-dealkylation sites (tertiary alicyclic amines) is 1. The van der Waals surface area contributed by atoms with Crippen LogP contribution in [0, 0.1) is 11.8 Å². The Morgan fingerprint density at radius 1 is 1.15 bits per heavy atom. The summed E-state index contributed by atoms with van der Waals surface area (Å²) in [6.07, 6.45) is 2.65. The van der Waals surface area contributed by atoms with Crippen molar-refractivity contribution < 1.29 is 19.7 Å². The Morgan fingerprint density at radius 2 is 1.69 bits per heavy atom. The van der Waals surface area contributed by atoms with E-state index in [0.717, 1.165) is 38.9 Å². The summed E-state index contributed by atoms with van der Waals surface area (Å²) in [5.74, 6) is 0.423. The summed E-state index contributed by atoms with van der Waals surface area (Å²) in [5.41, 5.74) is -0.509. The number of amides is 1. The first-order chi connectivity index (χ1) is 12.0. The molecule has 0 aromatic carbocycles. The van der Waals surface area contributed by atoms with E-state index in [-0.39, 0.29) is 30.8 Å². The molecule has 0 aromatic rings. The van der Waals surface area contributed by atoms with Crippen molar-refractivity contribution in [2.24, 2.45) is 11.8 Å². The van der Waals surface area contributed by atoms with Crippen LogP contribution in [0.1, 0.15) is 60.8 Å². The van der Waals surface area contributed by atoms with Gasteiger partial charge in [0, 0.05) is 37.8 Å². The average Bonchev–Trinajstić information content (AvgIpc) is 2.56. The highest BCUT2D eigenvalue weighted by Crippen LogP contribution is 2.29. The number of nitrogens with zero attached hydrogens (tertiary/aromatic N) is 2. The number of hydrogen-bond donors (Lipinski definition) is 2. The van der Waals surface area contributed by atoms with Gasteiger partial charge in [-0.05, 0) is 79.8 Å². The van der Waals surface area contributed by atoms with Gasteiger partial charge in [-0.15, -0.1) is 0 Å². The molecule has 0 aliphatic carbocycles. The number of carbonyl (C=O) groups is 1. The van der Waals surface area contributed by atoms with E-state index >= 15 is 0 Å². The number of ether oxygens (including phenoxy) is 1. The van der Waals surface area contributed by atoms with Gasteiger partial charge in [-0.25, -0.2) is 4.79 Å². The number of carbonyl (C=O) groups excluding carboxylic acids is 1. The summed E-state index contributed by atoms with van der Waals surface area (Å²) in [7, 11) is 0. The first kappa shape index (κ1) is 23.2. The van der Waals surface area contributed by atoms with Crippen molar-refractivity contribution in [3.8, 4) is 0 Å². The number of rotatable bonds is 8. The lowest BCUT2D eigenvalue weighted by atomic mass is 9.86. The first-order valence-electron chi connectivity index (χ1n) is 9.97. The third kappa shape index (κ3) is 7.41. The molecule has 1 aliphatic heterocycles. The van der Waals surface area contributed by atoms with E-state index in [9.17, 15) is 15.0 Å². The average molecular weight is 373 g/mol. The molecule has 0 atom stereocenters. The van der Waals surface area contributed by atoms with E-state index in [1.54, 1.807) is 0 Å². The molecule has 0 radical (unpaired) electrons. The molecule has 2 N–H and O–H groups in total. The summed E-state index contributed by atoms with van der Waals surface area (Å²) in [6, 6.07) is 0. The van der Waals surface area contributed by atoms with Gasteiger partial charge in [0.1, 0.15) is 5.60 Å². The van der Waals surface area contributed by atoms with Crippen molar-refractivity contribution >= 4 is 6.09 Å². The molecular weight excluding hydrogens is 332 g/mol. The van der Waals surface area contributed by atoms with Crippen molar-refractivity contribution in [3.05, 3.63) is 0 Å². The molecule has 6 nitrogen and oxygen atoms in total. The fraction of sp³-hybridized carbons (Fsp3) is 0.950. The van der Waals surface area contributed by atoms with Gasteiger partial charge in [-0.1, -0.05) is 0 Å². The standard InChI is InChI=1S/C20H40N2O4/c1-7-21(18(25)26-19(2,3)4)13-16-8-10-22(11-9-16)20(5,6)12-17(14-23)15-24/h16-17,23-24H,7-15H2,1-6H3. The minimum Gasteiger partial charge on any atom is -0.444 e. The second-order valence-corrected chi connectivity index (χ2v) is 9.20. The van der Waals surface area contributed by atoms with Crippen molar-refractivity contribution in [2.75, 3.05) is 39.4 Å². The molecule has 1 heterocycles. The second kappa shape index (κ2) is 9.90. The summed E-state index contributed by atoms with van der Waals surface area (Å²) >= 11 is 0. The quantitative estimate of drug-likeness (QED) is 0.685. The minimum atomic E-state index is -0.464. The lowest BCUT2D eigenvalue weighted by Crippen LogP contribution is -2.51. The van der Waals surface area contributed by atoms with E-state index in [0.29, 0.717) is 12.5 Å². The second-order valence-electron chi connectivity index (χ2n) is 9.20. The fourth-order valence-corrected chi connectivity index (χ4v) is 3.71. The van der Waals surface area contributed by atoms with E-state index in [4.69, 9.17) is 4.74 Å². The van der Waals surface area contributed by atoms with Crippen LogP contribution in [0.15, 0.2) is 0 Å². The lowest BCUT2D eigenvalue weighted by Gasteiger charge is -2.44. The molecule has 1 aliphatic rings. The van der Waals surface area contributed by atoms with Crippen molar-refractivity contribution in [1.82, 2.24) is 9.80 Å². The molecule has 0 bridgehead atoms. The van der Waals surface area contributed by atoms with Gasteiger partial charge in [-0.2, -0.15) is 0 Å². The van der Waals surface area contributed by atoms with Crippen LogP contribution < -0.4 is 0 Å². The monoisotopic (exact) mass is 372 g/mol. The molecular formula is C20H40N2O4. The maximum absolute atomic E-state index is 12.3. The molecule has 0 spiro atoms. The predicted molar refractivity (Wildman–Crippen MR) is 104 cm³/mol. The Bertz CT molecular complexity index is 422. The third-order valence-corrected chi connectivity index (χ3v) is 5.29. The van der Waals surface area contributed by atoms with Crippen LogP contribution in [0.3, 0.4) is 0 Å². The zero-order chi connectivity index (χ0) is 20.0. The Kier molecular flexibility index (Phi) is 8.83. The van der Waals surface area contributed by atoms with Crippen LogP contribution in [-0.4, -0.2) is 76.6 Å². The highest BCUT2D eigenvalue weighted by atomic mass is 16.6. The van der Waals surface area contributed by atoms with Crippen molar-refractivity contribution in [3.63, 3.8) is 0 Å². The third-order valence-electron chi connectivity index (χ3n) is 5.29. The molecule has 1 saturated heterocycles. The zero-order valence-corrected chi connectivity index (χ0v) is 17.6. The summed E-state index contributed by atoms with van der Waals surface area (Å²) in [4.78, 5) is 16.6. The largest absolute Gasteiger partial charge is 0.444 e. The Labute approximate surface area is 159 Å².